The van der Waals surface area contributed by atoms with Gasteiger partial charge in [-0.3, -0.25) is 10.2 Å². The monoisotopic (exact) mass is 312 g/mol. The second-order valence-electron chi connectivity index (χ2n) is 5.05. The van der Waals surface area contributed by atoms with Gasteiger partial charge in [-0.2, -0.15) is 0 Å². The molecule has 9 heteroatoms. The van der Waals surface area contributed by atoms with E-state index in [4.69, 9.17) is 25.7 Å². The first-order chi connectivity index (χ1) is 10.5. The van der Waals surface area contributed by atoms with Gasteiger partial charge in [0.25, 0.3) is 5.91 Å². The van der Waals surface area contributed by atoms with E-state index in [1.54, 1.807) is 6.92 Å². The van der Waals surface area contributed by atoms with Crippen LogP contribution in [0.3, 0.4) is 0 Å². The molecule has 0 aromatic carbocycles. The van der Waals surface area contributed by atoms with Gasteiger partial charge in [-0.25, -0.2) is 4.79 Å². The number of epoxide rings is 1. The number of nitrogens with two attached hydrogens (primary N) is 1. The summed E-state index contributed by atoms with van der Waals surface area (Å²) in [6, 6.07) is 0.100. The van der Waals surface area contributed by atoms with Crippen LogP contribution in [0.5, 0.6) is 0 Å². The van der Waals surface area contributed by atoms with Crippen molar-refractivity contribution < 1.29 is 24.2 Å². The molecule has 0 spiro atoms. The van der Waals surface area contributed by atoms with Gasteiger partial charge in [-0.15, -0.1) is 0 Å². The zero-order chi connectivity index (χ0) is 16.3. The molecule has 0 aromatic heterocycles. The van der Waals surface area contributed by atoms with E-state index in [1.807, 2.05) is 0 Å². The van der Waals surface area contributed by atoms with Crippen LogP contribution in [0.4, 0.5) is 0 Å². The molecule has 1 amide bonds. The second kappa shape index (κ2) is 6.75. The Morgan fingerprint density at radius 1 is 1.41 bits per heavy atom. The quantitative estimate of drug-likeness (QED) is 0.155. The highest BCUT2D eigenvalue weighted by molar-refractivity contribution is 6.42. The van der Waals surface area contributed by atoms with Crippen LogP contribution in [0.15, 0.2) is 11.4 Å². The molecule has 1 heterocycles. The molecule has 9 nitrogen and oxygen atoms in total. The van der Waals surface area contributed by atoms with Gasteiger partial charge in [0.05, 0.1) is 18.9 Å². The molecular weight excluding hydrogens is 292 g/mol. The predicted molar refractivity (Wildman–Crippen MR) is 75.6 cm³/mol. The lowest BCUT2D eigenvalue weighted by molar-refractivity contribution is -0.135. The van der Waals surface area contributed by atoms with E-state index < -0.39 is 29.9 Å². The van der Waals surface area contributed by atoms with Crippen molar-refractivity contribution in [3.8, 4) is 0 Å². The van der Waals surface area contributed by atoms with Gasteiger partial charge in [0.2, 0.25) is 0 Å². The van der Waals surface area contributed by atoms with Crippen LogP contribution < -0.4 is 16.4 Å². The molecular formula is C13H20N4O5. The van der Waals surface area contributed by atoms with E-state index in [0.717, 1.165) is 12.8 Å². The summed E-state index contributed by atoms with van der Waals surface area (Å²) in [5.74, 6) is -1.47. The number of nitrogens with one attached hydrogen (secondary N) is 3. The number of rotatable bonds is 8. The van der Waals surface area contributed by atoms with E-state index >= 15 is 0 Å². The van der Waals surface area contributed by atoms with Crippen LogP contribution in [0, 0.1) is 5.41 Å². The SMILES string of the molecule is CCOC(=O)C(=N)/C(N)=C(\NC1CC1)C(=O)NC1OC1CO. The zero-order valence-electron chi connectivity index (χ0n) is 12.2. The zero-order valence-corrected chi connectivity index (χ0v) is 12.2. The Morgan fingerprint density at radius 2 is 2.09 bits per heavy atom. The Balaban J connectivity index is 2.09. The average molecular weight is 312 g/mol. The fraction of sp³-hybridized carbons (Fsp3) is 0.615. The average Bonchev–Trinajstić information content (AvgIpc) is 3.39. The number of ether oxygens (including phenoxy) is 2. The summed E-state index contributed by atoms with van der Waals surface area (Å²) in [6.07, 6.45) is 0.751. The van der Waals surface area contributed by atoms with Crippen LogP contribution in [-0.2, 0) is 19.1 Å². The summed E-state index contributed by atoms with van der Waals surface area (Å²) in [5.41, 5.74) is 4.88. The lowest BCUT2D eigenvalue weighted by atomic mass is 10.2. The fourth-order valence-corrected chi connectivity index (χ4v) is 1.75. The van der Waals surface area contributed by atoms with E-state index in [0.29, 0.717) is 0 Å². The Hall–Kier alpha value is -2.13. The first kappa shape index (κ1) is 16.2. The normalized spacial score (nSPS) is 24.1. The molecule has 22 heavy (non-hydrogen) atoms. The van der Waals surface area contributed by atoms with E-state index in [9.17, 15) is 9.59 Å². The number of hydrogen-bond acceptors (Lipinski definition) is 8. The molecule has 6 N–H and O–H groups in total. The number of carbonyl (C=O) groups is 2. The standard InChI is InChI=1S/C13H20N4O5/c1-2-21-13(20)9(15)8(14)10(16-6-3-4-6)11(19)17-12-7(5-18)22-12/h6-7,12,15-16,18H,2-5,14H2,1H3,(H,17,19)/b10-8+,15-9?. The molecule has 2 rings (SSSR count). The molecule has 122 valence electrons. The summed E-state index contributed by atoms with van der Waals surface area (Å²) in [5, 5.41) is 22.0. The number of carbonyl (C=O) groups excluding carboxylic acids is 2. The van der Waals surface area contributed by atoms with Crippen LogP contribution in [0.2, 0.25) is 0 Å². The summed E-state index contributed by atoms with van der Waals surface area (Å²) in [6.45, 7) is 1.52. The van der Waals surface area contributed by atoms with Crippen molar-refractivity contribution in [1.29, 1.82) is 5.41 Å². The third kappa shape index (κ3) is 3.95. The maximum absolute atomic E-state index is 12.2. The van der Waals surface area contributed by atoms with Crippen LogP contribution in [-0.4, -0.2) is 54.3 Å². The molecule has 1 saturated carbocycles. The van der Waals surface area contributed by atoms with E-state index in [1.165, 1.54) is 0 Å². The largest absolute Gasteiger partial charge is 0.461 e. The van der Waals surface area contributed by atoms with Crippen molar-refractivity contribution in [2.24, 2.45) is 5.73 Å². The second-order valence-corrected chi connectivity index (χ2v) is 5.05. The highest BCUT2D eigenvalue weighted by Gasteiger charge is 2.41. The molecule has 2 atom stereocenters. The van der Waals surface area contributed by atoms with E-state index in [2.05, 4.69) is 10.6 Å². The number of aliphatic hydroxyl groups excluding tert-OH is 1. The number of aliphatic hydroxyl groups is 1. The van der Waals surface area contributed by atoms with Crippen LogP contribution >= 0.6 is 0 Å². The Bertz CT molecular complexity index is 515. The predicted octanol–water partition coefficient (Wildman–Crippen LogP) is -1.68. The van der Waals surface area contributed by atoms with Crippen molar-refractivity contribution in [3.05, 3.63) is 11.4 Å². The summed E-state index contributed by atoms with van der Waals surface area (Å²) < 4.78 is 9.72. The van der Waals surface area contributed by atoms with Crippen molar-refractivity contribution in [2.45, 2.75) is 38.1 Å². The summed E-state index contributed by atoms with van der Waals surface area (Å²) >= 11 is 0. The number of esters is 1. The molecule has 1 aliphatic heterocycles. The number of hydrogen-bond donors (Lipinski definition) is 5. The van der Waals surface area contributed by atoms with Gasteiger partial charge >= 0.3 is 5.97 Å². The summed E-state index contributed by atoms with van der Waals surface area (Å²) in [7, 11) is 0. The first-order valence-corrected chi connectivity index (χ1v) is 7.07. The van der Waals surface area contributed by atoms with Crippen molar-refractivity contribution in [3.63, 3.8) is 0 Å². The van der Waals surface area contributed by atoms with Crippen molar-refractivity contribution in [2.75, 3.05) is 13.2 Å². The van der Waals surface area contributed by atoms with Crippen LogP contribution in [0.1, 0.15) is 19.8 Å². The molecule has 2 aliphatic rings. The minimum absolute atomic E-state index is 0.0484. The van der Waals surface area contributed by atoms with Gasteiger partial charge in [0.15, 0.2) is 11.9 Å². The first-order valence-electron chi connectivity index (χ1n) is 7.07. The molecule has 1 aliphatic carbocycles. The summed E-state index contributed by atoms with van der Waals surface area (Å²) in [4.78, 5) is 23.8. The minimum atomic E-state index is -0.890. The lowest BCUT2D eigenvalue weighted by Gasteiger charge is -2.13. The highest BCUT2D eigenvalue weighted by Crippen LogP contribution is 2.22. The van der Waals surface area contributed by atoms with Gasteiger partial charge in [-0.1, -0.05) is 0 Å². The van der Waals surface area contributed by atoms with Gasteiger partial charge < -0.3 is 30.9 Å². The third-order valence-electron chi connectivity index (χ3n) is 3.21. The van der Waals surface area contributed by atoms with Gasteiger partial charge in [-0.05, 0) is 19.8 Å². The lowest BCUT2D eigenvalue weighted by Crippen LogP contribution is -2.39. The van der Waals surface area contributed by atoms with Crippen LogP contribution in [0.25, 0.3) is 0 Å². The third-order valence-corrected chi connectivity index (χ3v) is 3.21. The van der Waals surface area contributed by atoms with Crippen molar-refractivity contribution in [1.82, 2.24) is 10.6 Å². The topological polar surface area (TPSA) is 150 Å². The maximum atomic E-state index is 12.2. The fourth-order valence-electron chi connectivity index (χ4n) is 1.75. The Morgan fingerprint density at radius 3 is 2.59 bits per heavy atom. The van der Waals surface area contributed by atoms with E-state index in [-0.39, 0.29) is 30.6 Å². The molecule has 0 bridgehead atoms. The van der Waals surface area contributed by atoms with Crippen molar-refractivity contribution >= 4 is 17.6 Å². The molecule has 2 fully saturated rings. The Labute approximate surface area is 127 Å². The van der Waals surface area contributed by atoms with Gasteiger partial charge in [0, 0.05) is 6.04 Å². The molecule has 2 unspecified atom stereocenters. The minimum Gasteiger partial charge on any atom is -0.461 e. The highest BCUT2D eigenvalue weighted by atomic mass is 16.6. The Kier molecular flexibility index (Phi) is 4.99. The molecule has 0 aromatic rings. The maximum Gasteiger partial charge on any atom is 0.358 e. The molecule has 1 saturated heterocycles. The molecule has 0 radical (unpaired) electrons. The van der Waals surface area contributed by atoms with Gasteiger partial charge in [0.1, 0.15) is 11.8 Å². The number of amides is 1. The smallest absolute Gasteiger partial charge is 0.358 e.